The minimum Gasteiger partial charge on any atom is -0.315 e. The molecule has 1 aromatic heterocycles. The van der Waals surface area contributed by atoms with Gasteiger partial charge in [-0.2, -0.15) is 0 Å². The highest BCUT2D eigenvalue weighted by atomic mass is 35.5. The van der Waals surface area contributed by atoms with E-state index in [0.717, 1.165) is 13.0 Å². The summed E-state index contributed by atoms with van der Waals surface area (Å²) in [6.45, 7) is 1.35. The van der Waals surface area contributed by atoms with Gasteiger partial charge in [0.05, 0.1) is 5.25 Å². The molecule has 88 valence electrons. The lowest BCUT2D eigenvalue weighted by Crippen LogP contribution is -2.39. The van der Waals surface area contributed by atoms with Crippen LogP contribution in [0.2, 0.25) is 5.15 Å². The van der Waals surface area contributed by atoms with Gasteiger partial charge in [-0.1, -0.05) is 11.6 Å². The van der Waals surface area contributed by atoms with Crippen molar-refractivity contribution in [2.75, 3.05) is 13.1 Å². The molecule has 0 bridgehead atoms. The van der Waals surface area contributed by atoms with Crippen molar-refractivity contribution in [3.05, 3.63) is 17.3 Å². The number of hydrogen-bond donors (Lipinski definition) is 1. The third kappa shape index (κ3) is 2.34. The Morgan fingerprint density at radius 2 is 2.19 bits per heavy atom. The number of aromatic nitrogens is 2. The molecule has 0 aromatic carbocycles. The van der Waals surface area contributed by atoms with Gasteiger partial charge in [0.15, 0.2) is 10.2 Å². The Hall–Kier alpha value is -0.720. The van der Waals surface area contributed by atoms with Gasteiger partial charge in [0.25, 0.3) is 0 Å². The molecule has 0 aliphatic carbocycles. The first-order valence-corrected chi connectivity index (χ1v) is 6.97. The van der Waals surface area contributed by atoms with E-state index in [1.165, 1.54) is 12.1 Å². The SMILES string of the molecule is O=S(=O)(c1ccc(Cl)nn1)[C@@H]1CCCNC1. The van der Waals surface area contributed by atoms with Crippen LogP contribution in [0.15, 0.2) is 17.2 Å². The first-order valence-electron chi connectivity index (χ1n) is 5.04. The molecule has 5 nitrogen and oxygen atoms in total. The number of rotatable bonds is 2. The minimum absolute atomic E-state index is 0.00519. The Bertz CT molecular complexity index is 454. The van der Waals surface area contributed by atoms with Crippen molar-refractivity contribution in [2.24, 2.45) is 0 Å². The van der Waals surface area contributed by atoms with Gasteiger partial charge in [-0.25, -0.2) is 8.42 Å². The highest BCUT2D eigenvalue weighted by molar-refractivity contribution is 7.92. The summed E-state index contributed by atoms with van der Waals surface area (Å²) in [5.74, 6) is 0. The number of nitrogens with one attached hydrogen (secondary N) is 1. The predicted molar refractivity (Wildman–Crippen MR) is 60.1 cm³/mol. The smallest absolute Gasteiger partial charge is 0.201 e. The van der Waals surface area contributed by atoms with E-state index in [1.807, 2.05) is 0 Å². The fraction of sp³-hybridized carbons (Fsp3) is 0.556. The topological polar surface area (TPSA) is 72.0 Å². The highest BCUT2D eigenvalue weighted by Gasteiger charge is 2.30. The molecule has 0 unspecified atom stereocenters. The van der Waals surface area contributed by atoms with E-state index in [4.69, 9.17) is 11.6 Å². The predicted octanol–water partition coefficient (Wildman–Crippen LogP) is 0.656. The second kappa shape index (κ2) is 4.65. The molecule has 0 radical (unpaired) electrons. The Morgan fingerprint density at radius 3 is 2.75 bits per heavy atom. The van der Waals surface area contributed by atoms with Crippen LogP contribution < -0.4 is 5.32 Å². The summed E-state index contributed by atoms with van der Waals surface area (Å²) < 4.78 is 24.2. The molecule has 16 heavy (non-hydrogen) atoms. The molecule has 1 aliphatic heterocycles. The van der Waals surface area contributed by atoms with Crippen molar-refractivity contribution in [1.82, 2.24) is 15.5 Å². The van der Waals surface area contributed by atoms with E-state index < -0.39 is 15.1 Å². The lowest BCUT2D eigenvalue weighted by Gasteiger charge is -2.21. The van der Waals surface area contributed by atoms with Gasteiger partial charge < -0.3 is 5.32 Å². The van der Waals surface area contributed by atoms with Gasteiger partial charge in [-0.05, 0) is 31.5 Å². The molecule has 2 heterocycles. The maximum Gasteiger partial charge on any atom is 0.201 e. The monoisotopic (exact) mass is 261 g/mol. The zero-order valence-corrected chi connectivity index (χ0v) is 10.1. The van der Waals surface area contributed by atoms with Crippen LogP contribution in [-0.2, 0) is 9.84 Å². The first kappa shape index (κ1) is 11.8. The number of hydrogen-bond acceptors (Lipinski definition) is 5. The second-order valence-electron chi connectivity index (χ2n) is 3.71. The van der Waals surface area contributed by atoms with Gasteiger partial charge in [-0.3, -0.25) is 0 Å². The molecule has 7 heteroatoms. The van der Waals surface area contributed by atoms with Crippen LogP contribution in [0.3, 0.4) is 0 Å². The molecule has 0 amide bonds. The van der Waals surface area contributed by atoms with E-state index in [-0.39, 0.29) is 10.2 Å². The molecule has 1 saturated heterocycles. The molecule has 1 aromatic rings. The third-order valence-electron chi connectivity index (χ3n) is 2.59. The fourth-order valence-corrected chi connectivity index (χ4v) is 3.38. The molecule has 2 rings (SSSR count). The molecule has 1 N–H and O–H groups in total. The first-order chi connectivity index (χ1) is 7.60. The summed E-state index contributed by atoms with van der Waals surface area (Å²) in [6.07, 6.45) is 1.53. The van der Waals surface area contributed by atoms with Gasteiger partial charge in [0.1, 0.15) is 0 Å². The quantitative estimate of drug-likeness (QED) is 0.847. The van der Waals surface area contributed by atoms with Crippen molar-refractivity contribution < 1.29 is 8.42 Å². The standard InChI is InChI=1S/C9H12ClN3O2S/c10-8-3-4-9(13-12-8)16(14,15)7-2-1-5-11-6-7/h3-4,7,11H,1-2,5-6H2/t7-/m1/s1. The molecule has 1 aliphatic rings. The number of sulfone groups is 1. The number of piperidine rings is 1. The van der Waals surface area contributed by atoms with Crippen LogP contribution in [0.1, 0.15) is 12.8 Å². The van der Waals surface area contributed by atoms with Crippen molar-refractivity contribution in [2.45, 2.75) is 23.1 Å². The summed E-state index contributed by atoms with van der Waals surface area (Å²) in [5.41, 5.74) is 0. The Balaban J connectivity index is 2.27. The highest BCUT2D eigenvalue weighted by Crippen LogP contribution is 2.19. The zero-order chi connectivity index (χ0) is 11.6. The van der Waals surface area contributed by atoms with E-state index in [0.29, 0.717) is 13.0 Å². The average molecular weight is 262 g/mol. The van der Waals surface area contributed by atoms with Crippen LogP contribution in [0.4, 0.5) is 0 Å². The van der Waals surface area contributed by atoms with Crippen molar-refractivity contribution in [3.63, 3.8) is 0 Å². The number of halogens is 1. The number of nitrogens with zero attached hydrogens (tertiary/aromatic N) is 2. The van der Waals surface area contributed by atoms with Crippen molar-refractivity contribution in [3.8, 4) is 0 Å². The summed E-state index contributed by atoms with van der Waals surface area (Å²) in [4.78, 5) is 0. The zero-order valence-electron chi connectivity index (χ0n) is 8.56. The van der Waals surface area contributed by atoms with Crippen LogP contribution in [0, 0.1) is 0 Å². The lowest BCUT2D eigenvalue weighted by molar-refractivity contribution is 0.494. The third-order valence-corrected chi connectivity index (χ3v) is 4.87. The Morgan fingerprint density at radius 1 is 1.38 bits per heavy atom. The lowest BCUT2D eigenvalue weighted by atomic mass is 10.2. The molecule has 1 atom stereocenters. The van der Waals surface area contributed by atoms with Crippen LogP contribution in [-0.4, -0.2) is 37.0 Å². The van der Waals surface area contributed by atoms with Gasteiger partial charge in [-0.15, -0.1) is 10.2 Å². The van der Waals surface area contributed by atoms with E-state index in [1.54, 1.807) is 0 Å². The second-order valence-corrected chi connectivity index (χ2v) is 6.27. The summed E-state index contributed by atoms with van der Waals surface area (Å²) in [5, 5.41) is 10.0. The van der Waals surface area contributed by atoms with E-state index in [9.17, 15) is 8.42 Å². The summed E-state index contributed by atoms with van der Waals surface area (Å²) >= 11 is 5.57. The van der Waals surface area contributed by atoms with Crippen LogP contribution >= 0.6 is 11.6 Å². The van der Waals surface area contributed by atoms with Crippen molar-refractivity contribution >= 4 is 21.4 Å². The largest absolute Gasteiger partial charge is 0.315 e. The summed E-state index contributed by atoms with van der Waals surface area (Å²) in [7, 11) is -3.37. The van der Waals surface area contributed by atoms with Gasteiger partial charge >= 0.3 is 0 Å². The summed E-state index contributed by atoms with van der Waals surface area (Å²) in [6, 6.07) is 2.84. The van der Waals surface area contributed by atoms with Crippen molar-refractivity contribution in [1.29, 1.82) is 0 Å². The molecule has 0 spiro atoms. The molecular weight excluding hydrogens is 250 g/mol. The van der Waals surface area contributed by atoms with E-state index >= 15 is 0 Å². The normalized spacial score (nSPS) is 21.9. The molecular formula is C9H12ClN3O2S. The van der Waals surface area contributed by atoms with Gasteiger partial charge in [0.2, 0.25) is 9.84 Å². The maximum atomic E-state index is 12.1. The maximum absolute atomic E-state index is 12.1. The van der Waals surface area contributed by atoms with E-state index in [2.05, 4.69) is 15.5 Å². The molecule has 1 fully saturated rings. The van der Waals surface area contributed by atoms with Crippen LogP contribution in [0.5, 0.6) is 0 Å². The average Bonchev–Trinajstić information content (AvgIpc) is 2.31. The Labute approximate surface area is 99.1 Å². The minimum atomic E-state index is -3.37. The Kier molecular flexibility index (Phi) is 3.41. The van der Waals surface area contributed by atoms with Gasteiger partial charge in [0, 0.05) is 6.54 Å². The molecule has 0 saturated carbocycles. The fourth-order valence-electron chi connectivity index (χ4n) is 1.71. The van der Waals surface area contributed by atoms with Crippen LogP contribution in [0.25, 0.3) is 0 Å².